The normalized spacial score (nSPS) is 20.7. The second-order valence-electron chi connectivity index (χ2n) is 9.65. The van der Waals surface area contributed by atoms with Crippen molar-refractivity contribution in [3.8, 4) is 0 Å². The number of rotatable bonds is 22. The third-order valence-electron chi connectivity index (χ3n) is 7.13. The quantitative estimate of drug-likeness (QED) is 0.103. The van der Waals surface area contributed by atoms with Gasteiger partial charge in [0.05, 0.1) is 19.4 Å². The second-order valence-corrected chi connectivity index (χ2v) is 9.65. The van der Waals surface area contributed by atoms with E-state index in [2.05, 4.69) is 43.7 Å². The van der Waals surface area contributed by atoms with Crippen molar-refractivity contribution in [2.75, 3.05) is 19.7 Å². The van der Waals surface area contributed by atoms with Crippen molar-refractivity contribution < 1.29 is 9.59 Å². The molecule has 2 atom stereocenters. The van der Waals surface area contributed by atoms with E-state index in [1.54, 1.807) is 0 Å². The highest BCUT2D eigenvalue weighted by atomic mass is 16.3. The molecule has 3 heteroatoms. The summed E-state index contributed by atoms with van der Waals surface area (Å²) in [7, 11) is 0. The number of hydrogen-bond donors (Lipinski definition) is 2. The number of hydrogen-bond acceptors (Lipinski definition) is 2. The smallest absolute Gasteiger partial charge is 0.166 e. The van der Waals surface area contributed by atoms with Crippen LogP contribution in [0.2, 0.25) is 0 Å². The lowest BCUT2D eigenvalue weighted by Crippen LogP contribution is -2.53. The van der Waals surface area contributed by atoms with E-state index in [9.17, 15) is 5.11 Å². The lowest BCUT2D eigenvalue weighted by Gasteiger charge is -2.36. The average molecular weight is 436 g/mol. The fraction of sp³-hybridized carbons (Fsp3) is 0.857. The number of likely N-dealkylation sites (N-methyl/N-ethyl adjacent to an activating group) is 1. The molecule has 2 N–H and O–H groups in total. The molecule has 0 spiro atoms. The van der Waals surface area contributed by atoms with Gasteiger partial charge in [-0.05, 0) is 26.2 Å². The molecule has 0 aliphatic carbocycles. The highest BCUT2D eigenvalue weighted by Gasteiger charge is 2.35. The molecule has 0 amide bonds. The van der Waals surface area contributed by atoms with Gasteiger partial charge in [0.2, 0.25) is 0 Å². The van der Waals surface area contributed by atoms with Gasteiger partial charge in [0, 0.05) is 6.42 Å². The minimum atomic E-state index is 0.255. The molecule has 1 aliphatic heterocycles. The molecule has 0 radical (unpaired) electrons. The van der Waals surface area contributed by atoms with Crippen molar-refractivity contribution in [1.82, 2.24) is 5.32 Å². The van der Waals surface area contributed by atoms with E-state index in [0.717, 1.165) is 30.4 Å². The van der Waals surface area contributed by atoms with Gasteiger partial charge in [-0.1, -0.05) is 109 Å². The number of quaternary nitrogens is 1. The number of nitrogens with one attached hydrogen (secondary N) is 1. The summed E-state index contributed by atoms with van der Waals surface area (Å²) in [4.78, 5) is 0. The van der Waals surface area contributed by atoms with Crippen molar-refractivity contribution in [3.63, 3.8) is 0 Å². The Bertz CT molecular complexity index is 448. The lowest BCUT2D eigenvalue weighted by molar-refractivity contribution is -0.899. The van der Waals surface area contributed by atoms with Crippen molar-refractivity contribution in [3.05, 3.63) is 24.6 Å². The Kier molecular flexibility index (Phi) is 18.1. The molecule has 1 aliphatic rings. The van der Waals surface area contributed by atoms with Crippen LogP contribution < -0.4 is 5.32 Å². The minimum Gasteiger partial charge on any atom is -0.390 e. The molecular weight excluding hydrogens is 380 g/mol. The fourth-order valence-corrected chi connectivity index (χ4v) is 4.92. The summed E-state index contributed by atoms with van der Waals surface area (Å²) in [5.74, 6) is 0. The van der Waals surface area contributed by atoms with E-state index >= 15 is 0 Å². The van der Waals surface area contributed by atoms with E-state index in [0.29, 0.717) is 6.17 Å². The predicted octanol–water partition coefficient (Wildman–Crippen LogP) is 7.81. The number of aliphatic hydroxyl groups excluding tert-OH is 1. The molecule has 0 bridgehead atoms. The summed E-state index contributed by atoms with van der Waals surface area (Å²) in [5, 5.41) is 12.9. The molecule has 182 valence electrons. The van der Waals surface area contributed by atoms with Crippen LogP contribution in [0.3, 0.4) is 0 Å². The molecule has 0 aromatic carbocycles. The molecule has 0 aromatic heterocycles. The van der Waals surface area contributed by atoms with E-state index in [1.165, 1.54) is 103 Å². The first kappa shape index (κ1) is 28.2. The second kappa shape index (κ2) is 19.9. The summed E-state index contributed by atoms with van der Waals surface area (Å²) in [5.41, 5.74) is 0. The number of aliphatic hydroxyl groups is 1. The Morgan fingerprint density at radius 1 is 0.742 bits per heavy atom. The fourth-order valence-electron chi connectivity index (χ4n) is 4.92. The summed E-state index contributed by atoms with van der Waals surface area (Å²) < 4.78 is 0.878. The van der Waals surface area contributed by atoms with Crippen molar-refractivity contribution >= 4 is 0 Å². The van der Waals surface area contributed by atoms with Crippen molar-refractivity contribution in [2.45, 2.75) is 136 Å². The van der Waals surface area contributed by atoms with Crippen LogP contribution in [0.1, 0.15) is 129 Å². The van der Waals surface area contributed by atoms with E-state index < -0.39 is 0 Å². The van der Waals surface area contributed by atoms with Gasteiger partial charge < -0.3 is 10.4 Å². The standard InChI is InChI=1S/C28H55N2O/c1-3-5-6-7-8-9-10-11-12-13-14-15-16-17-18-19-20-21-22-23-28-29-24-25-30(28,4-2)26-27-31/h20-21,24-25,28-29,31H,3-19,22-23,26-27H2,1-2H3/q+1/b21-20+. The molecule has 1 rings (SSSR count). The Labute approximate surface area is 195 Å². The molecule has 3 nitrogen and oxygen atoms in total. The molecule has 0 saturated carbocycles. The summed E-state index contributed by atoms with van der Waals surface area (Å²) in [6.45, 7) is 6.62. The molecule has 1 heterocycles. The monoisotopic (exact) mass is 435 g/mol. The maximum atomic E-state index is 9.38. The summed E-state index contributed by atoms with van der Waals surface area (Å²) in [6, 6.07) is 0. The van der Waals surface area contributed by atoms with Gasteiger partial charge in [0.15, 0.2) is 6.17 Å². The average Bonchev–Trinajstić information content (AvgIpc) is 3.18. The first-order valence-corrected chi connectivity index (χ1v) is 13.8. The number of allylic oxidation sites excluding steroid dienone is 2. The van der Waals surface area contributed by atoms with Gasteiger partial charge in [-0.3, -0.25) is 4.48 Å². The van der Waals surface area contributed by atoms with Gasteiger partial charge in [0.1, 0.15) is 12.7 Å². The maximum absolute atomic E-state index is 9.38. The largest absolute Gasteiger partial charge is 0.390 e. The first-order valence-electron chi connectivity index (χ1n) is 13.8. The van der Waals surface area contributed by atoms with Crippen LogP contribution >= 0.6 is 0 Å². The lowest BCUT2D eigenvalue weighted by atomic mass is 10.0. The maximum Gasteiger partial charge on any atom is 0.166 e. The zero-order valence-electron chi connectivity index (χ0n) is 21.1. The third kappa shape index (κ3) is 13.4. The molecule has 31 heavy (non-hydrogen) atoms. The van der Waals surface area contributed by atoms with E-state index in [4.69, 9.17) is 0 Å². The zero-order chi connectivity index (χ0) is 22.5. The van der Waals surface area contributed by atoms with E-state index in [-0.39, 0.29) is 6.61 Å². The van der Waals surface area contributed by atoms with Crippen LogP contribution in [-0.2, 0) is 0 Å². The zero-order valence-corrected chi connectivity index (χ0v) is 21.1. The highest BCUT2D eigenvalue weighted by Crippen LogP contribution is 2.22. The van der Waals surface area contributed by atoms with Crippen LogP contribution in [0.25, 0.3) is 0 Å². The Morgan fingerprint density at radius 2 is 1.26 bits per heavy atom. The molecule has 0 fully saturated rings. The predicted molar refractivity (Wildman–Crippen MR) is 137 cm³/mol. The summed E-state index contributed by atoms with van der Waals surface area (Å²) in [6.07, 6.45) is 34.5. The topological polar surface area (TPSA) is 32.3 Å². The molecular formula is C28H55N2O+. The SMILES string of the molecule is CCCCCCCCCCCCCCCCC/C=C/CCC1NC=C[N+]1(CC)CCO. The Hall–Kier alpha value is -0.800. The molecule has 2 unspecified atom stereocenters. The van der Waals surface area contributed by atoms with Crippen molar-refractivity contribution in [2.24, 2.45) is 0 Å². The molecule has 0 saturated heterocycles. The Morgan fingerprint density at radius 3 is 1.77 bits per heavy atom. The van der Waals surface area contributed by atoms with Crippen molar-refractivity contribution in [1.29, 1.82) is 0 Å². The van der Waals surface area contributed by atoms with Crippen LogP contribution in [-0.4, -0.2) is 35.5 Å². The van der Waals surface area contributed by atoms with Crippen LogP contribution in [0.5, 0.6) is 0 Å². The number of unbranched alkanes of at least 4 members (excludes halogenated alkanes) is 15. The van der Waals surface area contributed by atoms with Gasteiger partial charge in [-0.2, -0.15) is 0 Å². The van der Waals surface area contributed by atoms with Crippen LogP contribution in [0.15, 0.2) is 24.6 Å². The van der Waals surface area contributed by atoms with Gasteiger partial charge in [0.25, 0.3) is 0 Å². The van der Waals surface area contributed by atoms with Gasteiger partial charge in [-0.25, -0.2) is 0 Å². The van der Waals surface area contributed by atoms with Crippen LogP contribution in [0.4, 0.5) is 0 Å². The Balaban J connectivity index is 1.85. The third-order valence-corrected chi connectivity index (χ3v) is 7.13. The van der Waals surface area contributed by atoms with E-state index in [1.807, 2.05) is 0 Å². The number of nitrogens with zero attached hydrogens (tertiary/aromatic N) is 1. The summed E-state index contributed by atoms with van der Waals surface area (Å²) >= 11 is 0. The van der Waals surface area contributed by atoms with Crippen LogP contribution in [0, 0.1) is 0 Å². The minimum absolute atomic E-state index is 0.255. The first-order chi connectivity index (χ1) is 15.3. The van der Waals surface area contributed by atoms with Gasteiger partial charge >= 0.3 is 0 Å². The van der Waals surface area contributed by atoms with Gasteiger partial charge in [-0.15, -0.1) is 0 Å². The highest BCUT2D eigenvalue weighted by molar-refractivity contribution is 4.88. The molecule has 0 aromatic rings.